The van der Waals surface area contributed by atoms with Crippen molar-refractivity contribution in [2.75, 3.05) is 37.3 Å². The summed E-state index contributed by atoms with van der Waals surface area (Å²) in [6.45, 7) is 2.29. The van der Waals surface area contributed by atoms with Gasteiger partial charge in [-0.05, 0) is 30.2 Å². The molecule has 28 heavy (non-hydrogen) atoms. The van der Waals surface area contributed by atoms with Gasteiger partial charge >= 0.3 is 6.09 Å². The number of hydrogen-bond acceptors (Lipinski definition) is 5. The molecule has 0 saturated carbocycles. The average Bonchev–Trinajstić information content (AvgIpc) is 3.00. The first-order chi connectivity index (χ1) is 13.1. The van der Waals surface area contributed by atoms with Crippen LogP contribution in [0.4, 0.5) is 14.9 Å². The molecule has 0 aliphatic carbocycles. The molecule has 1 unspecified atom stereocenters. The van der Waals surface area contributed by atoms with Gasteiger partial charge < -0.3 is 10.1 Å². The fraction of sp³-hybridized carbons (Fsp3) is 0.444. The zero-order valence-electron chi connectivity index (χ0n) is 15.6. The van der Waals surface area contributed by atoms with Crippen molar-refractivity contribution < 1.29 is 27.1 Å². The van der Waals surface area contributed by atoms with Gasteiger partial charge in [-0.1, -0.05) is 6.08 Å². The van der Waals surface area contributed by atoms with E-state index < -0.39 is 28.0 Å². The Balaban J connectivity index is 1.72. The second-order valence-corrected chi connectivity index (χ2v) is 8.80. The third kappa shape index (κ3) is 4.50. The minimum Gasteiger partial charge on any atom is -0.442 e. The van der Waals surface area contributed by atoms with Crippen molar-refractivity contribution >= 4 is 33.3 Å². The number of sulfonamides is 1. The van der Waals surface area contributed by atoms with Crippen molar-refractivity contribution in [2.24, 2.45) is 0 Å². The number of nitrogens with one attached hydrogen (secondary N) is 1. The SMILES string of the molecule is CC(=O)NCC1CN(c2ccc(C3=CCN(S(C)(=O)=O)CC3)c(F)c2)C(=O)O1. The Labute approximate surface area is 163 Å². The van der Waals surface area contributed by atoms with Crippen LogP contribution in [0.3, 0.4) is 0 Å². The molecule has 0 aromatic heterocycles. The van der Waals surface area contributed by atoms with Crippen LogP contribution in [0.1, 0.15) is 18.9 Å². The Morgan fingerprint density at radius 1 is 1.39 bits per heavy atom. The van der Waals surface area contributed by atoms with Crippen LogP contribution >= 0.6 is 0 Å². The van der Waals surface area contributed by atoms with Gasteiger partial charge in [-0.25, -0.2) is 17.6 Å². The van der Waals surface area contributed by atoms with Gasteiger partial charge in [0.2, 0.25) is 15.9 Å². The van der Waals surface area contributed by atoms with E-state index in [1.807, 2.05) is 0 Å². The number of halogens is 1. The molecule has 1 atom stereocenters. The maximum atomic E-state index is 14.7. The number of amides is 2. The van der Waals surface area contributed by atoms with E-state index in [9.17, 15) is 22.4 Å². The van der Waals surface area contributed by atoms with Crippen molar-refractivity contribution in [3.63, 3.8) is 0 Å². The molecule has 1 N–H and O–H groups in total. The van der Waals surface area contributed by atoms with E-state index in [-0.39, 0.29) is 25.5 Å². The quantitative estimate of drug-likeness (QED) is 0.789. The van der Waals surface area contributed by atoms with Crippen LogP contribution in [-0.2, 0) is 19.6 Å². The number of ether oxygens (including phenoxy) is 1. The van der Waals surface area contributed by atoms with Crippen LogP contribution in [0, 0.1) is 5.82 Å². The van der Waals surface area contributed by atoms with E-state index in [0.717, 1.165) is 11.8 Å². The zero-order valence-corrected chi connectivity index (χ0v) is 16.5. The molecule has 2 heterocycles. The highest BCUT2D eigenvalue weighted by molar-refractivity contribution is 7.88. The van der Waals surface area contributed by atoms with Crippen molar-refractivity contribution in [3.8, 4) is 0 Å². The number of anilines is 1. The van der Waals surface area contributed by atoms with E-state index in [1.165, 1.54) is 22.2 Å². The minimum atomic E-state index is -3.27. The molecule has 2 amide bonds. The lowest BCUT2D eigenvalue weighted by atomic mass is 9.99. The third-order valence-electron chi connectivity index (χ3n) is 4.70. The first-order valence-corrected chi connectivity index (χ1v) is 10.7. The van der Waals surface area contributed by atoms with Crippen molar-refractivity contribution in [3.05, 3.63) is 35.7 Å². The lowest BCUT2D eigenvalue weighted by molar-refractivity contribution is -0.119. The molecule has 0 spiro atoms. The smallest absolute Gasteiger partial charge is 0.414 e. The second kappa shape index (κ2) is 7.88. The Morgan fingerprint density at radius 2 is 2.14 bits per heavy atom. The molecule has 1 aromatic carbocycles. The molecular weight excluding hydrogens is 389 g/mol. The van der Waals surface area contributed by atoms with Crippen molar-refractivity contribution in [1.29, 1.82) is 0 Å². The Bertz CT molecular complexity index is 931. The fourth-order valence-electron chi connectivity index (χ4n) is 3.22. The molecule has 0 bridgehead atoms. The molecule has 0 radical (unpaired) electrons. The summed E-state index contributed by atoms with van der Waals surface area (Å²) in [4.78, 5) is 24.4. The standard InChI is InChI=1S/C18H22FN3O5S/c1-12(23)20-10-15-11-22(18(24)27-15)14-3-4-16(17(19)9-14)13-5-7-21(8-6-13)28(2,25)26/h3-5,9,15H,6-8,10-11H2,1-2H3,(H,20,23). The fourth-order valence-corrected chi connectivity index (χ4v) is 3.99. The lowest BCUT2D eigenvalue weighted by Crippen LogP contribution is -2.33. The highest BCUT2D eigenvalue weighted by Gasteiger charge is 2.33. The maximum Gasteiger partial charge on any atom is 0.414 e. The lowest BCUT2D eigenvalue weighted by Gasteiger charge is -2.24. The van der Waals surface area contributed by atoms with Gasteiger partial charge in [0.15, 0.2) is 0 Å². The topological polar surface area (TPSA) is 96.0 Å². The molecule has 152 valence electrons. The van der Waals surface area contributed by atoms with Crippen LogP contribution in [0.5, 0.6) is 0 Å². The van der Waals surface area contributed by atoms with Gasteiger partial charge in [-0.2, -0.15) is 4.31 Å². The summed E-state index contributed by atoms with van der Waals surface area (Å²) in [7, 11) is -3.27. The van der Waals surface area contributed by atoms with Crippen LogP contribution in [0.2, 0.25) is 0 Å². The molecule has 8 nitrogen and oxygen atoms in total. The Morgan fingerprint density at radius 3 is 2.71 bits per heavy atom. The number of nitrogens with zero attached hydrogens (tertiary/aromatic N) is 2. The summed E-state index contributed by atoms with van der Waals surface area (Å²) in [6, 6.07) is 4.48. The molecule has 1 fully saturated rings. The molecule has 3 rings (SSSR count). The first-order valence-electron chi connectivity index (χ1n) is 8.82. The first kappa shape index (κ1) is 20.3. The van der Waals surface area contributed by atoms with Gasteiger partial charge in [-0.15, -0.1) is 0 Å². The highest BCUT2D eigenvalue weighted by Crippen LogP contribution is 2.30. The van der Waals surface area contributed by atoms with Crippen molar-refractivity contribution in [1.82, 2.24) is 9.62 Å². The molecular formula is C18H22FN3O5S. The summed E-state index contributed by atoms with van der Waals surface area (Å²) in [5.74, 6) is -0.713. The van der Waals surface area contributed by atoms with Crippen LogP contribution < -0.4 is 10.2 Å². The van der Waals surface area contributed by atoms with E-state index in [4.69, 9.17) is 4.74 Å². The summed E-state index contributed by atoms with van der Waals surface area (Å²) >= 11 is 0. The molecule has 10 heteroatoms. The monoisotopic (exact) mass is 411 g/mol. The number of carbonyl (C=O) groups is 2. The average molecular weight is 411 g/mol. The second-order valence-electron chi connectivity index (χ2n) is 6.82. The van der Waals surface area contributed by atoms with E-state index in [1.54, 1.807) is 18.2 Å². The number of carbonyl (C=O) groups excluding carboxylic acids is 2. The van der Waals surface area contributed by atoms with Gasteiger partial charge in [-0.3, -0.25) is 9.69 Å². The predicted molar refractivity (Wildman–Crippen MR) is 102 cm³/mol. The summed E-state index contributed by atoms with van der Waals surface area (Å²) < 4.78 is 44.4. The molecule has 2 aliphatic heterocycles. The van der Waals surface area contributed by atoms with E-state index >= 15 is 0 Å². The molecule has 2 aliphatic rings. The van der Waals surface area contributed by atoms with Gasteiger partial charge in [0.25, 0.3) is 0 Å². The van der Waals surface area contributed by atoms with Crippen LogP contribution in [0.25, 0.3) is 5.57 Å². The summed E-state index contributed by atoms with van der Waals surface area (Å²) in [5, 5.41) is 2.59. The minimum absolute atomic E-state index is 0.196. The van der Waals surface area contributed by atoms with Crippen molar-refractivity contribution in [2.45, 2.75) is 19.4 Å². The largest absolute Gasteiger partial charge is 0.442 e. The highest BCUT2D eigenvalue weighted by atomic mass is 32.2. The van der Waals surface area contributed by atoms with Gasteiger partial charge in [0, 0.05) is 25.6 Å². The van der Waals surface area contributed by atoms with E-state index in [0.29, 0.717) is 24.2 Å². The number of benzene rings is 1. The number of hydrogen-bond donors (Lipinski definition) is 1. The van der Waals surface area contributed by atoms with Gasteiger partial charge in [0.1, 0.15) is 11.9 Å². The summed E-state index contributed by atoms with van der Waals surface area (Å²) in [5.41, 5.74) is 1.49. The predicted octanol–water partition coefficient (Wildman–Crippen LogP) is 1.34. The molecule has 1 aromatic rings. The number of cyclic esters (lactones) is 1. The zero-order chi connectivity index (χ0) is 20.5. The van der Waals surface area contributed by atoms with E-state index in [2.05, 4.69) is 5.32 Å². The van der Waals surface area contributed by atoms with Crippen LogP contribution in [0.15, 0.2) is 24.3 Å². The van der Waals surface area contributed by atoms with Crippen LogP contribution in [-0.4, -0.2) is 63.3 Å². The number of rotatable bonds is 5. The Hall–Kier alpha value is -2.46. The molecule has 1 saturated heterocycles. The third-order valence-corrected chi connectivity index (χ3v) is 5.97. The Kier molecular flexibility index (Phi) is 5.71. The summed E-state index contributed by atoms with van der Waals surface area (Å²) in [6.07, 6.45) is 2.17. The maximum absolute atomic E-state index is 14.7. The van der Waals surface area contributed by atoms with Gasteiger partial charge in [0.05, 0.1) is 25.0 Å². The normalized spacial score (nSPS) is 20.7.